The van der Waals surface area contributed by atoms with Gasteiger partial charge in [-0.05, 0) is 25.1 Å². The number of hydrogen-bond donors (Lipinski definition) is 0. The highest BCUT2D eigenvalue weighted by atomic mass is 19.4. The van der Waals surface area contributed by atoms with Crippen LogP contribution in [0.2, 0.25) is 0 Å². The van der Waals surface area contributed by atoms with Gasteiger partial charge in [-0.2, -0.15) is 13.2 Å². The number of carbonyl (C=O) groups excluding carboxylic acids is 2. The van der Waals surface area contributed by atoms with Crippen LogP contribution in [0.5, 0.6) is 5.75 Å². The molecule has 0 bridgehead atoms. The summed E-state index contributed by atoms with van der Waals surface area (Å²) < 4.78 is 47.3. The third-order valence-electron chi connectivity index (χ3n) is 2.40. The van der Waals surface area contributed by atoms with Crippen molar-refractivity contribution >= 4 is 11.8 Å². The highest BCUT2D eigenvalue weighted by molar-refractivity contribution is 6.06. The van der Waals surface area contributed by atoms with E-state index in [4.69, 9.17) is 4.74 Å². The molecule has 0 spiro atoms. The fourth-order valence-electron chi connectivity index (χ4n) is 1.49. The van der Waals surface area contributed by atoms with Gasteiger partial charge in [-0.1, -0.05) is 0 Å². The van der Waals surface area contributed by atoms with Crippen molar-refractivity contribution in [3.8, 4) is 5.75 Å². The topological polar surface area (TPSA) is 52.6 Å². The SMILES string of the molecule is CCOC(=O)CC(=O)c1cc(OC)cc(C(F)(F)F)c1. The molecule has 1 aromatic rings. The Bertz CT molecular complexity index is 509. The van der Waals surface area contributed by atoms with Crippen molar-refractivity contribution in [1.29, 1.82) is 0 Å². The zero-order chi connectivity index (χ0) is 15.3. The first kappa shape index (κ1) is 16.0. The van der Waals surface area contributed by atoms with Gasteiger partial charge >= 0.3 is 12.1 Å². The monoisotopic (exact) mass is 290 g/mol. The molecule has 0 heterocycles. The van der Waals surface area contributed by atoms with Gasteiger partial charge in [-0.25, -0.2) is 0 Å². The van der Waals surface area contributed by atoms with Gasteiger partial charge in [0.05, 0.1) is 19.3 Å². The molecule has 0 N–H and O–H groups in total. The average molecular weight is 290 g/mol. The molecule has 0 aromatic heterocycles. The Morgan fingerprint density at radius 3 is 2.35 bits per heavy atom. The Labute approximate surface area is 113 Å². The summed E-state index contributed by atoms with van der Waals surface area (Å²) in [5.74, 6) is -1.64. The average Bonchev–Trinajstić information content (AvgIpc) is 2.37. The van der Waals surface area contributed by atoms with Gasteiger partial charge in [-0.15, -0.1) is 0 Å². The second kappa shape index (κ2) is 6.40. The predicted molar refractivity (Wildman–Crippen MR) is 63.6 cm³/mol. The number of halogens is 3. The lowest BCUT2D eigenvalue weighted by Crippen LogP contribution is -2.13. The summed E-state index contributed by atoms with van der Waals surface area (Å²) in [5, 5.41) is 0. The van der Waals surface area contributed by atoms with Gasteiger partial charge in [-0.3, -0.25) is 9.59 Å². The Morgan fingerprint density at radius 2 is 1.85 bits per heavy atom. The fourth-order valence-corrected chi connectivity index (χ4v) is 1.49. The molecule has 0 aliphatic heterocycles. The molecule has 1 aromatic carbocycles. The molecule has 1 rings (SSSR count). The molecule has 0 fully saturated rings. The van der Waals surface area contributed by atoms with Gasteiger partial charge in [0.1, 0.15) is 12.2 Å². The van der Waals surface area contributed by atoms with Crippen molar-refractivity contribution in [2.45, 2.75) is 19.5 Å². The molecule has 7 heteroatoms. The number of hydrogen-bond acceptors (Lipinski definition) is 4. The second-order valence-electron chi connectivity index (χ2n) is 3.85. The van der Waals surface area contributed by atoms with Crippen LogP contribution in [0.25, 0.3) is 0 Å². The maximum Gasteiger partial charge on any atom is 0.416 e. The molecule has 0 aliphatic carbocycles. The predicted octanol–water partition coefficient (Wildman–Crippen LogP) is 2.85. The number of ether oxygens (including phenoxy) is 2. The summed E-state index contributed by atoms with van der Waals surface area (Å²) in [5.41, 5.74) is -1.26. The van der Waals surface area contributed by atoms with Crippen molar-refractivity contribution in [1.82, 2.24) is 0 Å². The number of methoxy groups -OCH3 is 1. The Balaban J connectivity index is 3.05. The van der Waals surface area contributed by atoms with Crippen LogP contribution in [0, 0.1) is 0 Å². The standard InChI is InChI=1S/C13H13F3O4/c1-3-20-12(18)7-11(17)8-4-9(13(14,15)16)6-10(5-8)19-2/h4-6H,3,7H2,1-2H3. The Morgan fingerprint density at radius 1 is 1.20 bits per heavy atom. The lowest BCUT2D eigenvalue weighted by molar-refractivity contribution is -0.142. The zero-order valence-electron chi connectivity index (χ0n) is 10.9. The van der Waals surface area contributed by atoms with Gasteiger partial charge < -0.3 is 9.47 Å². The van der Waals surface area contributed by atoms with Gasteiger partial charge in [0.25, 0.3) is 0 Å². The van der Waals surface area contributed by atoms with E-state index in [1.807, 2.05) is 0 Å². The number of rotatable bonds is 5. The number of carbonyl (C=O) groups is 2. The third-order valence-corrected chi connectivity index (χ3v) is 2.40. The first-order valence-electron chi connectivity index (χ1n) is 5.73. The van der Waals surface area contributed by atoms with Crippen LogP contribution in [0.3, 0.4) is 0 Å². The maximum atomic E-state index is 12.7. The van der Waals surface area contributed by atoms with E-state index in [2.05, 4.69) is 4.74 Å². The zero-order valence-corrected chi connectivity index (χ0v) is 10.9. The van der Waals surface area contributed by atoms with Gasteiger partial charge in [0, 0.05) is 5.56 Å². The lowest BCUT2D eigenvalue weighted by atomic mass is 10.0. The molecular weight excluding hydrogens is 277 g/mol. The van der Waals surface area contributed by atoms with E-state index in [-0.39, 0.29) is 17.9 Å². The van der Waals surface area contributed by atoms with E-state index >= 15 is 0 Å². The Kier molecular flexibility index (Phi) is 5.12. The minimum atomic E-state index is -4.60. The molecule has 110 valence electrons. The molecule has 20 heavy (non-hydrogen) atoms. The van der Waals surface area contributed by atoms with Crippen LogP contribution in [0.4, 0.5) is 13.2 Å². The van der Waals surface area contributed by atoms with E-state index in [1.54, 1.807) is 6.92 Å². The summed E-state index contributed by atoms with van der Waals surface area (Å²) in [6, 6.07) is 2.61. The molecular formula is C13H13F3O4. The largest absolute Gasteiger partial charge is 0.497 e. The number of benzene rings is 1. The van der Waals surface area contributed by atoms with Crippen molar-refractivity contribution in [3.63, 3.8) is 0 Å². The summed E-state index contributed by atoms with van der Waals surface area (Å²) in [6.07, 6.45) is -5.22. The number of ketones is 1. The Hall–Kier alpha value is -2.05. The minimum absolute atomic E-state index is 0.0953. The summed E-state index contributed by atoms with van der Waals surface area (Å²) in [7, 11) is 1.19. The highest BCUT2D eigenvalue weighted by Gasteiger charge is 2.32. The minimum Gasteiger partial charge on any atom is -0.497 e. The molecule has 0 saturated heterocycles. The van der Waals surface area contributed by atoms with E-state index in [0.29, 0.717) is 6.07 Å². The van der Waals surface area contributed by atoms with Crippen LogP contribution in [0.1, 0.15) is 29.3 Å². The van der Waals surface area contributed by atoms with E-state index in [1.165, 1.54) is 7.11 Å². The number of esters is 1. The molecule has 0 aliphatic rings. The van der Waals surface area contributed by atoms with Crippen molar-refractivity contribution < 1.29 is 32.2 Å². The smallest absolute Gasteiger partial charge is 0.416 e. The number of alkyl halides is 3. The number of Topliss-reactive ketones (excluding diaryl/α,β-unsaturated/α-hetero) is 1. The van der Waals surface area contributed by atoms with E-state index in [0.717, 1.165) is 12.1 Å². The highest BCUT2D eigenvalue weighted by Crippen LogP contribution is 2.32. The quantitative estimate of drug-likeness (QED) is 0.475. The van der Waals surface area contributed by atoms with Crippen molar-refractivity contribution in [2.75, 3.05) is 13.7 Å². The van der Waals surface area contributed by atoms with Crippen LogP contribution in [0.15, 0.2) is 18.2 Å². The molecule has 0 atom stereocenters. The van der Waals surface area contributed by atoms with Crippen molar-refractivity contribution in [2.24, 2.45) is 0 Å². The molecule has 0 radical (unpaired) electrons. The van der Waals surface area contributed by atoms with Crippen LogP contribution in [-0.4, -0.2) is 25.5 Å². The van der Waals surface area contributed by atoms with Crippen molar-refractivity contribution in [3.05, 3.63) is 29.3 Å². The molecule has 0 saturated carbocycles. The molecule has 4 nitrogen and oxygen atoms in total. The van der Waals surface area contributed by atoms with Crippen LogP contribution >= 0.6 is 0 Å². The fraction of sp³-hybridized carbons (Fsp3) is 0.385. The summed E-state index contributed by atoms with van der Waals surface area (Å²) >= 11 is 0. The first-order chi connectivity index (χ1) is 9.27. The first-order valence-corrected chi connectivity index (χ1v) is 5.73. The lowest BCUT2D eigenvalue weighted by Gasteiger charge is -2.11. The maximum absolute atomic E-state index is 12.7. The van der Waals surface area contributed by atoms with Crippen LogP contribution < -0.4 is 4.74 Å². The van der Waals surface area contributed by atoms with Crippen LogP contribution in [-0.2, 0) is 15.7 Å². The van der Waals surface area contributed by atoms with Gasteiger partial charge in [0.2, 0.25) is 0 Å². The molecule has 0 amide bonds. The molecule has 0 unspecified atom stereocenters. The third kappa shape index (κ3) is 4.25. The summed E-state index contributed by atoms with van der Waals surface area (Å²) in [6.45, 7) is 1.66. The summed E-state index contributed by atoms with van der Waals surface area (Å²) in [4.78, 5) is 22.9. The van der Waals surface area contributed by atoms with E-state index < -0.39 is 29.9 Å². The normalized spacial score (nSPS) is 11.1. The van der Waals surface area contributed by atoms with Gasteiger partial charge in [0.15, 0.2) is 5.78 Å². The van der Waals surface area contributed by atoms with E-state index in [9.17, 15) is 22.8 Å². The second-order valence-corrected chi connectivity index (χ2v) is 3.85.